The van der Waals surface area contributed by atoms with Gasteiger partial charge in [-0.3, -0.25) is 4.98 Å². The molecule has 0 aliphatic heterocycles. The van der Waals surface area contributed by atoms with Gasteiger partial charge in [0.1, 0.15) is 5.52 Å². The molecular formula is C20H18ClN4O3W-. The summed E-state index contributed by atoms with van der Waals surface area (Å²) in [5.74, 6) is 2.03. The minimum atomic E-state index is 0. The van der Waals surface area contributed by atoms with E-state index in [1.807, 2.05) is 25.1 Å². The van der Waals surface area contributed by atoms with Crippen molar-refractivity contribution < 1.29 is 35.6 Å². The van der Waals surface area contributed by atoms with E-state index in [-0.39, 0.29) is 21.1 Å². The van der Waals surface area contributed by atoms with Gasteiger partial charge in [0.15, 0.2) is 17.3 Å². The Morgan fingerprint density at radius 3 is 2.52 bits per heavy atom. The Hall–Kier alpha value is -2.47. The fraction of sp³-hybridized carbons (Fsp3) is 0.150. The number of para-hydroxylation sites is 1. The molecule has 4 rings (SSSR count). The molecule has 0 fully saturated rings. The van der Waals surface area contributed by atoms with Gasteiger partial charge in [-0.25, -0.2) is 11.6 Å². The van der Waals surface area contributed by atoms with Gasteiger partial charge in [0.25, 0.3) is 0 Å². The van der Waals surface area contributed by atoms with Gasteiger partial charge >= 0.3 is 0 Å². The molecule has 7 nitrogen and oxygen atoms in total. The first-order chi connectivity index (χ1) is 13.6. The van der Waals surface area contributed by atoms with E-state index in [1.165, 1.54) is 0 Å². The summed E-state index contributed by atoms with van der Waals surface area (Å²) in [6.07, 6.45) is 1.64. The summed E-state index contributed by atoms with van der Waals surface area (Å²) < 4.78 is 12.6. The van der Waals surface area contributed by atoms with E-state index in [4.69, 9.17) is 26.1 Å². The van der Waals surface area contributed by atoms with E-state index < -0.39 is 0 Å². The Labute approximate surface area is 186 Å². The summed E-state index contributed by atoms with van der Waals surface area (Å²) in [7, 11) is 3.13. The average Bonchev–Trinajstić information content (AvgIpc) is 3.14. The van der Waals surface area contributed by atoms with Gasteiger partial charge in [0, 0.05) is 39.0 Å². The molecule has 2 heterocycles. The van der Waals surface area contributed by atoms with E-state index >= 15 is 0 Å². The van der Waals surface area contributed by atoms with Crippen molar-refractivity contribution in [2.45, 2.75) is 6.92 Å². The van der Waals surface area contributed by atoms with Gasteiger partial charge in [0.2, 0.25) is 0 Å². The van der Waals surface area contributed by atoms with Crippen molar-refractivity contribution in [2.24, 2.45) is 0 Å². The second-order valence-corrected chi connectivity index (χ2v) is 6.59. The molecule has 0 spiro atoms. The quantitative estimate of drug-likeness (QED) is 0.339. The first kappa shape index (κ1) is 21.2. The summed E-state index contributed by atoms with van der Waals surface area (Å²) in [5, 5.41) is 13.5. The molecule has 0 bridgehead atoms. The van der Waals surface area contributed by atoms with E-state index in [1.54, 1.807) is 36.9 Å². The van der Waals surface area contributed by atoms with Gasteiger partial charge in [-0.2, -0.15) is 0 Å². The third-order valence-corrected chi connectivity index (χ3v) is 4.88. The maximum atomic E-state index is 9.65. The summed E-state index contributed by atoms with van der Waals surface area (Å²) in [6, 6.07) is 9.24. The number of aromatic nitrogens is 3. The van der Waals surface area contributed by atoms with Gasteiger partial charge in [-0.05, 0) is 18.6 Å². The Morgan fingerprint density at radius 1 is 1.14 bits per heavy atom. The van der Waals surface area contributed by atoms with Gasteiger partial charge in [-0.1, -0.05) is 23.7 Å². The number of anilines is 2. The number of imidazole rings is 1. The number of halogens is 1. The number of aliphatic hydroxyl groups excluding tert-OH is 1. The van der Waals surface area contributed by atoms with Crippen molar-refractivity contribution in [1.82, 2.24) is 14.4 Å². The van der Waals surface area contributed by atoms with Crippen molar-refractivity contribution in [3.05, 3.63) is 59.5 Å². The van der Waals surface area contributed by atoms with Crippen LogP contribution in [0.25, 0.3) is 16.6 Å². The van der Waals surface area contributed by atoms with Crippen LogP contribution in [0.15, 0.2) is 36.5 Å². The number of ether oxygens (including phenoxy) is 2. The number of aryl methyl sites for hydroxylation is 1. The zero-order valence-corrected chi connectivity index (χ0v) is 19.6. The fourth-order valence-electron chi connectivity index (χ4n) is 3.18. The molecule has 150 valence electrons. The Bertz CT molecular complexity index is 1180. The molecule has 9 heteroatoms. The summed E-state index contributed by atoms with van der Waals surface area (Å²) in [5.41, 5.74) is 3.77. The molecule has 0 saturated heterocycles. The molecule has 0 saturated carbocycles. The largest absolute Gasteiger partial charge is 0.540 e. The first-order valence-corrected chi connectivity index (χ1v) is 8.88. The molecule has 0 aliphatic rings. The minimum absolute atomic E-state index is 0. The average molecular weight is 582 g/mol. The number of fused-ring (bicyclic) bond motifs is 3. The molecular weight excluding hydrogens is 564 g/mol. The second kappa shape index (κ2) is 8.49. The zero-order chi connectivity index (χ0) is 19.8. The number of rotatable bonds is 5. The van der Waals surface area contributed by atoms with E-state index in [2.05, 4.69) is 10.3 Å². The molecule has 2 N–H and O–H groups in total. The zero-order valence-electron chi connectivity index (χ0n) is 15.9. The van der Waals surface area contributed by atoms with Crippen LogP contribution in [-0.2, 0) is 21.1 Å². The Balaban J connectivity index is 0.00000240. The van der Waals surface area contributed by atoms with E-state index in [9.17, 15) is 5.11 Å². The molecule has 0 atom stereocenters. The SMILES string of the molecule is COc1cc2nc(Nc3c(C)cccc3Cl)c3cnc([CH-]O)n3c2cc1OC.[W]. The van der Waals surface area contributed by atoms with Gasteiger partial charge < -0.3 is 24.3 Å². The topological polar surface area (TPSA) is 80.9 Å². The molecule has 4 aromatic rings. The Morgan fingerprint density at radius 2 is 1.86 bits per heavy atom. The molecule has 29 heavy (non-hydrogen) atoms. The Kier molecular flexibility index (Phi) is 6.22. The molecule has 0 amide bonds. The summed E-state index contributed by atoms with van der Waals surface area (Å²) >= 11 is 6.37. The fourth-order valence-corrected chi connectivity index (χ4v) is 3.45. The molecule has 2 aromatic heterocycles. The number of hydrogen-bond donors (Lipinski definition) is 2. The van der Waals surface area contributed by atoms with Crippen LogP contribution in [0.4, 0.5) is 11.5 Å². The third kappa shape index (κ3) is 3.61. The van der Waals surface area contributed by atoms with Crippen LogP contribution >= 0.6 is 11.6 Å². The van der Waals surface area contributed by atoms with Crippen LogP contribution < -0.4 is 14.8 Å². The predicted molar refractivity (Wildman–Crippen MR) is 108 cm³/mol. The molecule has 0 aliphatic carbocycles. The predicted octanol–water partition coefficient (Wildman–Crippen LogP) is 4.49. The van der Waals surface area contributed by atoms with Crippen LogP contribution in [0.5, 0.6) is 11.5 Å². The van der Waals surface area contributed by atoms with Crippen LogP contribution in [0, 0.1) is 13.5 Å². The summed E-state index contributed by atoms with van der Waals surface area (Å²) in [6.45, 7) is 2.91. The smallest absolute Gasteiger partial charge is 0.163 e. The maximum absolute atomic E-state index is 9.65. The van der Waals surface area contributed by atoms with E-state index in [0.717, 1.165) is 17.9 Å². The number of methoxy groups -OCH3 is 2. The normalized spacial score (nSPS) is 10.7. The van der Waals surface area contributed by atoms with Gasteiger partial charge in [-0.15, -0.1) is 0 Å². The molecule has 0 unspecified atom stereocenters. The van der Waals surface area contributed by atoms with Crippen molar-refractivity contribution in [1.29, 1.82) is 0 Å². The van der Waals surface area contributed by atoms with Crippen molar-refractivity contribution >= 4 is 39.7 Å². The van der Waals surface area contributed by atoms with Gasteiger partial charge in [0.05, 0.1) is 42.2 Å². The van der Waals surface area contributed by atoms with Crippen LogP contribution in [0.3, 0.4) is 0 Å². The van der Waals surface area contributed by atoms with Crippen molar-refractivity contribution in [3.63, 3.8) is 0 Å². The van der Waals surface area contributed by atoms with Crippen molar-refractivity contribution in [3.8, 4) is 11.5 Å². The minimum Gasteiger partial charge on any atom is -0.540 e. The van der Waals surface area contributed by atoms with Crippen LogP contribution in [0.1, 0.15) is 11.4 Å². The molecule has 0 radical (unpaired) electrons. The first-order valence-electron chi connectivity index (χ1n) is 8.50. The number of benzene rings is 2. The van der Waals surface area contributed by atoms with Crippen molar-refractivity contribution in [2.75, 3.05) is 19.5 Å². The van der Waals surface area contributed by atoms with Crippen LogP contribution in [0.2, 0.25) is 5.02 Å². The summed E-state index contributed by atoms with van der Waals surface area (Å²) in [4.78, 5) is 9.03. The standard InChI is InChI=1S/C20H18ClN4O3.W/c1-11-5-4-6-12(21)19(11)24-20-15-9-22-18(10-26)25(15)14-8-17(28-3)16(27-2)7-13(14)23-20;/h4-10,26H,1-3H3,(H,23,24);/q-1;. The monoisotopic (exact) mass is 581 g/mol. The molecule has 2 aromatic carbocycles. The second-order valence-electron chi connectivity index (χ2n) is 6.18. The van der Waals surface area contributed by atoms with E-state index in [0.29, 0.717) is 44.7 Å². The third-order valence-electron chi connectivity index (χ3n) is 4.57. The number of nitrogens with one attached hydrogen (secondary N) is 1. The van der Waals surface area contributed by atoms with Crippen LogP contribution in [-0.4, -0.2) is 33.7 Å². The number of aliphatic hydroxyl groups is 1. The number of nitrogens with zero attached hydrogens (tertiary/aromatic N) is 3. The maximum Gasteiger partial charge on any atom is 0.163 e. The number of hydrogen-bond acceptors (Lipinski definition) is 6.